The van der Waals surface area contributed by atoms with Crippen LogP contribution in [0.1, 0.15) is 33.5 Å². The average Bonchev–Trinajstić information content (AvgIpc) is 2.73. The second-order valence-corrected chi connectivity index (χ2v) is 6.05. The van der Waals surface area contributed by atoms with Gasteiger partial charge in [0.25, 0.3) is 0 Å². The Balaban J connectivity index is 2.24. The van der Waals surface area contributed by atoms with Crippen molar-refractivity contribution in [2.24, 2.45) is 0 Å². The number of nitrogens with zero attached hydrogens (tertiary/aromatic N) is 2. The Morgan fingerprint density at radius 2 is 2.05 bits per heavy atom. The number of aromatic nitrogens is 2. The number of rotatable bonds is 5. The van der Waals surface area contributed by atoms with Crippen LogP contribution in [0.5, 0.6) is 5.75 Å². The maximum Gasteiger partial charge on any atom is 0.121 e. The van der Waals surface area contributed by atoms with E-state index in [0.29, 0.717) is 0 Å². The molecular formula is C16H25N3O. The summed E-state index contributed by atoms with van der Waals surface area (Å²) in [6.45, 7) is 10.6. The third kappa shape index (κ3) is 3.31. The summed E-state index contributed by atoms with van der Waals surface area (Å²) in [5.74, 6) is 1.99. The van der Waals surface area contributed by atoms with Gasteiger partial charge in [0, 0.05) is 31.1 Å². The molecule has 0 aliphatic heterocycles. The molecule has 0 saturated carbocycles. The van der Waals surface area contributed by atoms with Gasteiger partial charge in [-0.25, -0.2) is 4.98 Å². The molecule has 2 rings (SSSR count). The number of fused-ring (bicyclic) bond motifs is 1. The van der Waals surface area contributed by atoms with E-state index in [4.69, 9.17) is 9.72 Å². The van der Waals surface area contributed by atoms with Crippen LogP contribution < -0.4 is 10.1 Å². The maximum absolute atomic E-state index is 5.27. The van der Waals surface area contributed by atoms with Crippen LogP contribution in [-0.4, -0.2) is 28.7 Å². The van der Waals surface area contributed by atoms with Crippen molar-refractivity contribution in [3.8, 4) is 5.75 Å². The minimum absolute atomic E-state index is 0.145. The van der Waals surface area contributed by atoms with E-state index < -0.39 is 0 Å². The number of nitrogens with one attached hydrogen (secondary N) is 1. The van der Waals surface area contributed by atoms with E-state index in [1.54, 1.807) is 7.11 Å². The maximum atomic E-state index is 5.27. The molecule has 0 saturated heterocycles. The first-order chi connectivity index (χ1) is 9.44. The Morgan fingerprint density at radius 3 is 2.65 bits per heavy atom. The van der Waals surface area contributed by atoms with Crippen molar-refractivity contribution in [2.75, 3.05) is 13.7 Å². The third-order valence-corrected chi connectivity index (χ3v) is 3.35. The SMILES string of the molecule is CCn1c(CCNC(C)(C)C)nc2cc(OC)ccc21. The highest BCUT2D eigenvalue weighted by Gasteiger charge is 2.12. The van der Waals surface area contributed by atoms with Crippen molar-refractivity contribution < 1.29 is 4.74 Å². The van der Waals surface area contributed by atoms with Crippen LogP contribution in [0.15, 0.2) is 18.2 Å². The van der Waals surface area contributed by atoms with Crippen molar-refractivity contribution >= 4 is 11.0 Å². The van der Waals surface area contributed by atoms with E-state index in [0.717, 1.165) is 36.6 Å². The van der Waals surface area contributed by atoms with E-state index >= 15 is 0 Å². The monoisotopic (exact) mass is 275 g/mol. The fourth-order valence-electron chi connectivity index (χ4n) is 2.38. The van der Waals surface area contributed by atoms with E-state index in [1.807, 2.05) is 12.1 Å². The summed E-state index contributed by atoms with van der Waals surface area (Å²) in [4.78, 5) is 4.75. The molecule has 0 radical (unpaired) electrons. The van der Waals surface area contributed by atoms with Gasteiger partial charge in [0.2, 0.25) is 0 Å². The molecule has 0 bridgehead atoms. The molecule has 0 unspecified atom stereocenters. The average molecular weight is 275 g/mol. The van der Waals surface area contributed by atoms with Gasteiger partial charge in [0.15, 0.2) is 0 Å². The lowest BCUT2D eigenvalue weighted by Crippen LogP contribution is -2.37. The number of imidazole rings is 1. The fraction of sp³-hybridized carbons (Fsp3) is 0.562. The zero-order valence-electron chi connectivity index (χ0n) is 13.2. The normalized spacial score (nSPS) is 12.1. The highest BCUT2D eigenvalue weighted by molar-refractivity contribution is 5.77. The van der Waals surface area contributed by atoms with E-state index in [1.165, 1.54) is 5.52 Å². The van der Waals surface area contributed by atoms with Crippen molar-refractivity contribution in [1.82, 2.24) is 14.9 Å². The molecule has 0 spiro atoms. The number of hydrogen-bond donors (Lipinski definition) is 1. The Bertz CT molecular complexity index is 581. The molecular weight excluding hydrogens is 250 g/mol. The van der Waals surface area contributed by atoms with Crippen molar-refractivity contribution in [3.05, 3.63) is 24.0 Å². The second kappa shape index (κ2) is 5.83. The standard InChI is InChI=1S/C16H25N3O/c1-6-19-14-8-7-12(20-5)11-13(14)18-15(19)9-10-17-16(2,3)4/h7-8,11,17H,6,9-10H2,1-5H3. The van der Waals surface area contributed by atoms with E-state index in [-0.39, 0.29) is 5.54 Å². The Kier molecular flexibility index (Phi) is 4.33. The zero-order chi connectivity index (χ0) is 14.8. The van der Waals surface area contributed by atoms with Gasteiger partial charge in [-0.2, -0.15) is 0 Å². The summed E-state index contributed by atoms with van der Waals surface area (Å²) in [7, 11) is 1.69. The summed E-state index contributed by atoms with van der Waals surface area (Å²) in [5.41, 5.74) is 2.34. The molecule has 20 heavy (non-hydrogen) atoms. The number of ether oxygens (including phenoxy) is 1. The Morgan fingerprint density at radius 1 is 1.30 bits per heavy atom. The van der Waals surface area contributed by atoms with Crippen LogP contribution in [0.2, 0.25) is 0 Å². The molecule has 0 aliphatic rings. The third-order valence-electron chi connectivity index (χ3n) is 3.35. The molecule has 4 heteroatoms. The van der Waals surface area contributed by atoms with Crippen LogP contribution in [-0.2, 0) is 13.0 Å². The Labute approximate surface area is 121 Å². The largest absolute Gasteiger partial charge is 0.497 e. The predicted octanol–water partition coefficient (Wildman–Crippen LogP) is 3.00. The first kappa shape index (κ1) is 14.9. The molecule has 1 N–H and O–H groups in total. The summed E-state index contributed by atoms with van der Waals surface area (Å²) in [5, 5.41) is 3.51. The molecule has 110 valence electrons. The van der Waals surface area contributed by atoms with Crippen LogP contribution in [0, 0.1) is 0 Å². The van der Waals surface area contributed by atoms with Crippen molar-refractivity contribution in [1.29, 1.82) is 0 Å². The summed E-state index contributed by atoms with van der Waals surface area (Å²) >= 11 is 0. The molecule has 1 aromatic heterocycles. The van der Waals surface area contributed by atoms with E-state index in [2.05, 4.69) is 43.6 Å². The molecule has 0 amide bonds. The van der Waals surface area contributed by atoms with Crippen LogP contribution in [0.4, 0.5) is 0 Å². The van der Waals surface area contributed by atoms with Gasteiger partial charge in [-0.05, 0) is 39.8 Å². The van der Waals surface area contributed by atoms with Gasteiger partial charge in [0.05, 0.1) is 18.1 Å². The lowest BCUT2D eigenvalue weighted by atomic mass is 10.1. The molecule has 4 nitrogen and oxygen atoms in total. The predicted molar refractivity (Wildman–Crippen MR) is 83.4 cm³/mol. The van der Waals surface area contributed by atoms with Gasteiger partial charge in [-0.1, -0.05) is 0 Å². The lowest BCUT2D eigenvalue weighted by molar-refractivity contribution is 0.415. The second-order valence-electron chi connectivity index (χ2n) is 6.05. The first-order valence-corrected chi connectivity index (χ1v) is 7.23. The first-order valence-electron chi connectivity index (χ1n) is 7.23. The number of aryl methyl sites for hydroxylation is 1. The van der Waals surface area contributed by atoms with Gasteiger partial charge in [-0.3, -0.25) is 0 Å². The topological polar surface area (TPSA) is 39.1 Å². The van der Waals surface area contributed by atoms with Gasteiger partial charge in [-0.15, -0.1) is 0 Å². The molecule has 0 atom stereocenters. The summed E-state index contributed by atoms with van der Waals surface area (Å²) in [6, 6.07) is 6.08. The summed E-state index contributed by atoms with van der Waals surface area (Å²) in [6.07, 6.45) is 0.933. The molecule has 0 fully saturated rings. The van der Waals surface area contributed by atoms with Crippen LogP contribution in [0.3, 0.4) is 0 Å². The minimum atomic E-state index is 0.145. The Hall–Kier alpha value is -1.55. The molecule has 1 aromatic carbocycles. The number of methoxy groups -OCH3 is 1. The molecule has 2 aromatic rings. The highest BCUT2D eigenvalue weighted by atomic mass is 16.5. The van der Waals surface area contributed by atoms with Crippen LogP contribution in [0.25, 0.3) is 11.0 Å². The highest BCUT2D eigenvalue weighted by Crippen LogP contribution is 2.22. The molecule has 1 heterocycles. The summed E-state index contributed by atoms with van der Waals surface area (Å²) < 4.78 is 7.55. The van der Waals surface area contributed by atoms with Gasteiger partial charge < -0.3 is 14.6 Å². The van der Waals surface area contributed by atoms with Crippen molar-refractivity contribution in [3.63, 3.8) is 0 Å². The lowest BCUT2D eigenvalue weighted by Gasteiger charge is -2.20. The zero-order valence-corrected chi connectivity index (χ0v) is 13.2. The quantitative estimate of drug-likeness (QED) is 0.911. The van der Waals surface area contributed by atoms with E-state index in [9.17, 15) is 0 Å². The van der Waals surface area contributed by atoms with Crippen molar-refractivity contribution in [2.45, 2.75) is 46.2 Å². The van der Waals surface area contributed by atoms with Crippen LogP contribution >= 0.6 is 0 Å². The minimum Gasteiger partial charge on any atom is -0.497 e. The smallest absolute Gasteiger partial charge is 0.121 e. The number of benzene rings is 1. The van der Waals surface area contributed by atoms with Gasteiger partial charge in [0.1, 0.15) is 11.6 Å². The molecule has 0 aliphatic carbocycles. The fourth-order valence-corrected chi connectivity index (χ4v) is 2.38. The van der Waals surface area contributed by atoms with Gasteiger partial charge >= 0.3 is 0 Å². The number of hydrogen-bond acceptors (Lipinski definition) is 3.